The summed E-state index contributed by atoms with van der Waals surface area (Å²) in [5.74, 6) is 9.05. The van der Waals surface area contributed by atoms with E-state index in [0.29, 0.717) is 52.9 Å². The van der Waals surface area contributed by atoms with Crippen molar-refractivity contribution in [3.8, 4) is 30.3 Å². The van der Waals surface area contributed by atoms with Crippen molar-refractivity contribution in [3.63, 3.8) is 0 Å². The predicted molar refractivity (Wildman–Crippen MR) is 170 cm³/mol. The molecular formula is C36H41N3O4. The molecule has 7 nitrogen and oxygen atoms in total. The Labute approximate surface area is 256 Å². The SMILES string of the molecule is C#Cc1ccc(C#Cc2ccc(N3CCOCCOCCN(CC4=CC=C(C#N)CC4)CCOCCOCC3)cc2)cc1. The number of hydrogen-bond acceptors (Lipinski definition) is 7. The van der Waals surface area contributed by atoms with Crippen molar-refractivity contribution in [2.75, 3.05) is 90.5 Å². The number of nitriles is 1. The van der Waals surface area contributed by atoms with Gasteiger partial charge in [-0.1, -0.05) is 29.4 Å². The van der Waals surface area contributed by atoms with E-state index >= 15 is 0 Å². The number of anilines is 1. The van der Waals surface area contributed by atoms with Crippen molar-refractivity contribution in [3.05, 3.63) is 88.5 Å². The highest BCUT2D eigenvalue weighted by Crippen LogP contribution is 2.19. The Morgan fingerprint density at radius 3 is 1.63 bits per heavy atom. The molecule has 1 saturated heterocycles. The Kier molecular flexibility index (Phi) is 13.9. The highest BCUT2D eigenvalue weighted by atomic mass is 16.5. The maximum Gasteiger partial charge on any atom is 0.0947 e. The third kappa shape index (κ3) is 11.7. The van der Waals surface area contributed by atoms with Gasteiger partial charge in [0.05, 0.1) is 58.9 Å². The highest BCUT2D eigenvalue weighted by Gasteiger charge is 2.12. The highest BCUT2D eigenvalue weighted by molar-refractivity contribution is 5.52. The van der Waals surface area contributed by atoms with Gasteiger partial charge in [0.15, 0.2) is 0 Å². The van der Waals surface area contributed by atoms with Crippen LogP contribution < -0.4 is 4.90 Å². The first kappa shape index (κ1) is 32.1. The van der Waals surface area contributed by atoms with Crippen molar-refractivity contribution >= 4 is 5.69 Å². The van der Waals surface area contributed by atoms with Gasteiger partial charge in [0.25, 0.3) is 0 Å². The number of benzene rings is 2. The van der Waals surface area contributed by atoms with Gasteiger partial charge in [-0.2, -0.15) is 5.26 Å². The standard InChI is InChI=1S/C36H41N3O4/c1-2-31-3-5-32(6-4-31)7-8-33-13-15-36(16-14-33)39-19-23-42-27-25-40-21-17-38(18-22-41-26-28-43-24-20-39)30-35-11-9-34(29-37)10-12-35/h1,3-6,9,11,13-16H,10,12,17-28,30H2. The Morgan fingerprint density at radius 1 is 0.628 bits per heavy atom. The molecule has 0 radical (unpaired) electrons. The summed E-state index contributed by atoms with van der Waals surface area (Å²) in [5.41, 5.74) is 6.02. The van der Waals surface area contributed by atoms with Crippen LogP contribution in [-0.4, -0.2) is 90.5 Å². The van der Waals surface area contributed by atoms with Crippen molar-refractivity contribution < 1.29 is 18.9 Å². The first-order chi connectivity index (χ1) is 21.2. The van der Waals surface area contributed by atoms with Gasteiger partial charge in [0.1, 0.15) is 0 Å². The summed E-state index contributed by atoms with van der Waals surface area (Å²) in [7, 11) is 0. The second kappa shape index (κ2) is 18.6. The molecule has 7 heteroatoms. The first-order valence-corrected chi connectivity index (χ1v) is 15.0. The second-order valence-electron chi connectivity index (χ2n) is 10.4. The molecule has 0 atom stereocenters. The third-order valence-electron chi connectivity index (χ3n) is 7.30. The predicted octanol–water partition coefficient (Wildman–Crippen LogP) is 4.43. The molecule has 0 spiro atoms. The molecule has 1 heterocycles. The van der Waals surface area contributed by atoms with Crippen molar-refractivity contribution in [1.29, 1.82) is 5.26 Å². The Hall–Kier alpha value is -3.87. The zero-order chi connectivity index (χ0) is 30.0. The van der Waals surface area contributed by atoms with Crippen molar-refractivity contribution in [1.82, 2.24) is 4.90 Å². The van der Waals surface area contributed by atoms with Crippen LogP contribution in [0.5, 0.6) is 0 Å². The molecule has 1 aliphatic carbocycles. The molecule has 0 aromatic heterocycles. The maximum atomic E-state index is 9.10. The van der Waals surface area contributed by atoms with E-state index in [-0.39, 0.29) is 0 Å². The van der Waals surface area contributed by atoms with Crippen LogP contribution in [0.3, 0.4) is 0 Å². The van der Waals surface area contributed by atoms with Gasteiger partial charge in [0, 0.05) is 60.7 Å². The summed E-state index contributed by atoms with van der Waals surface area (Å²) < 4.78 is 23.6. The first-order valence-electron chi connectivity index (χ1n) is 15.0. The summed E-state index contributed by atoms with van der Waals surface area (Å²) in [4.78, 5) is 4.63. The van der Waals surface area contributed by atoms with Crippen LogP contribution in [0.25, 0.3) is 0 Å². The number of rotatable bonds is 3. The molecule has 2 aromatic carbocycles. The van der Waals surface area contributed by atoms with Gasteiger partial charge in [-0.3, -0.25) is 4.90 Å². The molecule has 4 rings (SSSR count). The minimum absolute atomic E-state index is 0.553. The molecule has 1 fully saturated rings. The number of nitrogens with zero attached hydrogens (tertiary/aromatic N) is 3. The van der Waals surface area contributed by atoms with E-state index in [1.165, 1.54) is 5.57 Å². The average molecular weight is 580 g/mol. The molecule has 1 aliphatic heterocycles. The minimum atomic E-state index is 0.553. The largest absolute Gasteiger partial charge is 0.378 e. The fourth-order valence-corrected chi connectivity index (χ4v) is 4.76. The van der Waals surface area contributed by atoms with E-state index < -0.39 is 0 Å². The summed E-state index contributed by atoms with van der Waals surface area (Å²) in [6.07, 6.45) is 11.2. The second-order valence-corrected chi connectivity index (χ2v) is 10.4. The lowest BCUT2D eigenvalue weighted by molar-refractivity contribution is 0.0238. The number of allylic oxidation sites excluding steroid dienone is 3. The van der Waals surface area contributed by atoms with E-state index in [4.69, 9.17) is 30.6 Å². The third-order valence-corrected chi connectivity index (χ3v) is 7.30. The molecule has 0 N–H and O–H groups in total. The number of hydrogen-bond donors (Lipinski definition) is 0. The van der Waals surface area contributed by atoms with Crippen LogP contribution >= 0.6 is 0 Å². The maximum absolute atomic E-state index is 9.10. The molecule has 0 bridgehead atoms. The summed E-state index contributed by atoms with van der Waals surface area (Å²) in [5, 5.41) is 9.10. The van der Waals surface area contributed by atoms with Gasteiger partial charge in [-0.25, -0.2) is 0 Å². The molecule has 0 amide bonds. The van der Waals surface area contributed by atoms with E-state index in [1.807, 2.05) is 42.5 Å². The van der Waals surface area contributed by atoms with E-state index in [9.17, 15) is 0 Å². The van der Waals surface area contributed by atoms with Crippen LogP contribution in [0.15, 0.2) is 71.8 Å². The van der Waals surface area contributed by atoms with E-state index in [0.717, 1.165) is 73.5 Å². The number of ether oxygens (including phenoxy) is 4. The minimum Gasteiger partial charge on any atom is -0.378 e. The molecule has 224 valence electrons. The molecule has 0 saturated carbocycles. The van der Waals surface area contributed by atoms with Crippen LogP contribution in [0.2, 0.25) is 0 Å². The fourth-order valence-electron chi connectivity index (χ4n) is 4.76. The van der Waals surface area contributed by atoms with Crippen LogP contribution in [0, 0.1) is 35.5 Å². The summed E-state index contributed by atoms with van der Waals surface area (Å²) in [6, 6.07) is 18.2. The zero-order valence-corrected chi connectivity index (χ0v) is 24.9. The Balaban J connectivity index is 1.25. The number of terminal acetylenes is 1. The average Bonchev–Trinajstić information content (AvgIpc) is 3.05. The fraction of sp³-hybridized carbons (Fsp3) is 0.417. The van der Waals surface area contributed by atoms with Crippen LogP contribution in [-0.2, 0) is 18.9 Å². The molecule has 0 unspecified atom stereocenters. The van der Waals surface area contributed by atoms with Gasteiger partial charge in [-0.15, -0.1) is 6.42 Å². The van der Waals surface area contributed by atoms with Crippen molar-refractivity contribution in [2.45, 2.75) is 12.8 Å². The molecule has 43 heavy (non-hydrogen) atoms. The van der Waals surface area contributed by atoms with Crippen LogP contribution in [0.1, 0.15) is 29.5 Å². The van der Waals surface area contributed by atoms with Crippen LogP contribution in [0.4, 0.5) is 5.69 Å². The molecule has 2 aromatic rings. The Morgan fingerprint density at radius 2 is 1.14 bits per heavy atom. The van der Waals surface area contributed by atoms with Crippen molar-refractivity contribution in [2.24, 2.45) is 0 Å². The quantitative estimate of drug-likeness (QED) is 0.499. The lowest BCUT2D eigenvalue weighted by Gasteiger charge is -2.26. The normalized spacial score (nSPS) is 18.4. The van der Waals surface area contributed by atoms with E-state index in [2.05, 4.69) is 51.8 Å². The summed E-state index contributed by atoms with van der Waals surface area (Å²) in [6.45, 7) is 8.68. The van der Waals surface area contributed by atoms with Gasteiger partial charge >= 0.3 is 0 Å². The lowest BCUT2D eigenvalue weighted by atomic mass is 9.99. The Bertz CT molecular complexity index is 1320. The topological polar surface area (TPSA) is 67.2 Å². The lowest BCUT2D eigenvalue weighted by Crippen LogP contribution is -2.34. The van der Waals surface area contributed by atoms with Gasteiger partial charge < -0.3 is 23.8 Å². The summed E-state index contributed by atoms with van der Waals surface area (Å²) >= 11 is 0. The monoisotopic (exact) mass is 579 g/mol. The van der Waals surface area contributed by atoms with E-state index in [1.54, 1.807) is 0 Å². The zero-order valence-electron chi connectivity index (χ0n) is 24.9. The van der Waals surface area contributed by atoms with Gasteiger partial charge in [0.2, 0.25) is 0 Å². The smallest absolute Gasteiger partial charge is 0.0947 e. The molecule has 2 aliphatic rings. The van der Waals surface area contributed by atoms with Gasteiger partial charge in [-0.05, 0) is 67.4 Å². The molecular weight excluding hydrogens is 538 g/mol.